The van der Waals surface area contributed by atoms with Gasteiger partial charge < -0.3 is 15.0 Å². The number of benzene rings is 1. The van der Waals surface area contributed by atoms with E-state index in [2.05, 4.69) is 10.3 Å². The number of nitrogens with one attached hydrogen (secondary N) is 2. The Morgan fingerprint density at radius 3 is 2.82 bits per heavy atom. The molecule has 5 nitrogen and oxygen atoms in total. The van der Waals surface area contributed by atoms with Gasteiger partial charge in [-0.2, -0.15) is 0 Å². The first-order valence-electron chi connectivity index (χ1n) is 6.85. The molecule has 0 bridgehead atoms. The van der Waals surface area contributed by atoms with Crippen molar-refractivity contribution in [2.75, 3.05) is 6.61 Å². The number of pyridine rings is 1. The van der Waals surface area contributed by atoms with Crippen molar-refractivity contribution in [2.45, 2.75) is 19.9 Å². The van der Waals surface area contributed by atoms with Crippen LogP contribution in [0.5, 0.6) is 5.75 Å². The first kappa shape index (κ1) is 15.8. The highest BCUT2D eigenvalue weighted by atomic mass is 19.1. The Bertz CT molecular complexity index is 727. The van der Waals surface area contributed by atoms with E-state index in [9.17, 15) is 14.0 Å². The second kappa shape index (κ2) is 6.89. The monoisotopic (exact) mass is 304 g/mol. The fourth-order valence-electron chi connectivity index (χ4n) is 1.87. The normalized spacial score (nSPS) is 11.8. The minimum absolute atomic E-state index is 0.0446. The molecule has 0 saturated heterocycles. The molecule has 1 atom stereocenters. The average molecular weight is 304 g/mol. The zero-order valence-electron chi connectivity index (χ0n) is 12.4. The first-order valence-corrected chi connectivity index (χ1v) is 6.85. The number of halogens is 1. The zero-order valence-corrected chi connectivity index (χ0v) is 12.4. The van der Waals surface area contributed by atoms with Gasteiger partial charge in [0.2, 0.25) is 0 Å². The predicted molar refractivity (Wildman–Crippen MR) is 80.6 cm³/mol. The van der Waals surface area contributed by atoms with Gasteiger partial charge >= 0.3 is 0 Å². The molecule has 1 aromatic carbocycles. The van der Waals surface area contributed by atoms with Crippen LogP contribution in [0.4, 0.5) is 4.39 Å². The second-order valence-electron chi connectivity index (χ2n) is 5.03. The maximum Gasteiger partial charge on any atom is 0.260 e. The molecular formula is C16H17FN2O3. The third kappa shape index (κ3) is 4.18. The standard InChI is InChI=1S/C16H17FN2O3/c1-10-6-7-14(15(20)18-10)16(21)19-11(2)9-22-13-5-3-4-12(17)8-13/h3-8,11H,9H2,1-2H3,(H,18,20)(H,19,21)/t11-/m0/s1. The number of rotatable bonds is 5. The minimum atomic E-state index is -0.475. The van der Waals surface area contributed by atoms with E-state index in [1.54, 1.807) is 32.0 Å². The van der Waals surface area contributed by atoms with Crippen molar-refractivity contribution in [3.8, 4) is 5.75 Å². The largest absolute Gasteiger partial charge is 0.491 e. The summed E-state index contributed by atoms with van der Waals surface area (Å²) in [6.45, 7) is 3.64. The van der Waals surface area contributed by atoms with Crippen LogP contribution < -0.4 is 15.6 Å². The average Bonchev–Trinajstić information content (AvgIpc) is 2.45. The van der Waals surface area contributed by atoms with E-state index in [1.807, 2.05) is 0 Å². The lowest BCUT2D eigenvalue weighted by molar-refractivity contribution is 0.0925. The van der Waals surface area contributed by atoms with Gasteiger partial charge in [-0.3, -0.25) is 9.59 Å². The minimum Gasteiger partial charge on any atom is -0.491 e. The summed E-state index contributed by atoms with van der Waals surface area (Å²) in [6.07, 6.45) is 0. The third-order valence-electron chi connectivity index (χ3n) is 2.97. The van der Waals surface area contributed by atoms with E-state index < -0.39 is 11.5 Å². The topological polar surface area (TPSA) is 71.2 Å². The number of hydrogen-bond acceptors (Lipinski definition) is 3. The Balaban J connectivity index is 1.92. The fraction of sp³-hybridized carbons (Fsp3) is 0.250. The quantitative estimate of drug-likeness (QED) is 0.888. The summed E-state index contributed by atoms with van der Waals surface area (Å²) in [4.78, 5) is 26.3. The first-order chi connectivity index (χ1) is 10.5. The molecule has 0 unspecified atom stereocenters. The van der Waals surface area contributed by atoms with Gasteiger partial charge in [0.15, 0.2) is 0 Å². The van der Waals surface area contributed by atoms with Crippen LogP contribution in [0.15, 0.2) is 41.2 Å². The van der Waals surface area contributed by atoms with Crippen LogP contribution in [0.25, 0.3) is 0 Å². The van der Waals surface area contributed by atoms with E-state index >= 15 is 0 Å². The number of carbonyl (C=O) groups is 1. The Morgan fingerprint density at radius 2 is 2.14 bits per heavy atom. The highest BCUT2D eigenvalue weighted by Crippen LogP contribution is 2.12. The van der Waals surface area contributed by atoms with E-state index in [0.29, 0.717) is 11.4 Å². The molecule has 0 aliphatic heterocycles. The van der Waals surface area contributed by atoms with Crippen LogP contribution in [-0.4, -0.2) is 23.5 Å². The molecule has 1 heterocycles. The molecule has 0 radical (unpaired) electrons. The van der Waals surface area contributed by atoms with Crippen LogP contribution >= 0.6 is 0 Å². The lowest BCUT2D eigenvalue weighted by Crippen LogP contribution is -2.39. The Labute approximate surface area is 127 Å². The molecule has 0 saturated carbocycles. The third-order valence-corrected chi connectivity index (χ3v) is 2.97. The number of aryl methyl sites for hydroxylation is 1. The van der Waals surface area contributed by atoms with Gasteiger partial charge in [-0.1, -0.05) is 6.07 Å². The van der Waals surface area contributed by atoms with Gasteiger partial charge in [-0.15, -0.1) is 0 Å². The summed E-state index contributed by atoms with van der Waals surface area (Å²) in [5.74, 6) is -0.480. The Kier molecular flexibility index (Phi) is 4.93. The van der Waals surface area contributed by atoms with Crippen LogP contribution in [0.1, 0.15) is 23.0 Å². The van der Waals surface area contributed by atoms with Gasteiger partial charge in [-0.05, 0) is 38.1 Å². The molecule has 0 fully saturated rings. The lowest BCUT2D eigenvalue weighted by atomic mass is 10.2. The summed E-state index contributed by atoms with van der Waals surface area (Å²) in [6, 6.07) is 8.55. The van der Waals surface area contributed by atoms with Crippen molar-refractivity contribution in [3.05, 3.63) is 63.8 Å². The number of ether oxygens (including phenoxy) is 1. The molecule has 22 heavy (non-hydrogen) atoms. The number of aromatic nitrogens is 1. The van der Waals surface area contributed by atoms with E-state index in [-0.39, 0.29) is 24.0 Å². The summed E-state index contributed by atoms with van der Waals surface area (Å²) >= 11 is 0. The van der Waals surface area contributed by atoms with E-state index in [1.165, 1.54) is 18.2 Å². The molecule has 2 aromatic rings. The zero-order chi connectivity index (χ0) is 16.1. The maximum atomic E-state index is 13.0. The molecule has 1 amide bonds. The highest BCUT2D eigenvalue weighted by Gasteiger charge is 2.13. The number of hydrogen-bond donors (Lipinski definition) is 2. The highest BCUT2D eigenvalue weighted by molar-refractivity contribution is 5.93. The number of H-pyrrole nitrogens is 1. The van der Waals surface area contributed by atoms with E-state index in [0.717, 1.165) is 0 Å². The van der Waals surface area contributed by atoms with Gasteiger partial charge in [0.05, 0.1) is 6.04 Å². The Morgan fingerprint density at radius 1 is 1.36 bits per heavy atom. The molecule has 6 heteroatoms. The van der Waals surface area contributed by atoms with Crippen molar-refractivity contribution in [1.29, 1.82) is 0 Å². The molecule has 1 aromatic heterocycles. The van der Waals surface area contributed by atoms with Crippen LogP contribution in [-0.2, 0) is 0 Å². The number of aromatic amines is 1. The maximum absolute atomic E-state index is 13.0. The van der Waals surface area contributed by atoms with Crippen LogP contribution in [0.3, 0.4) is 0 Å². The van der Waals surface area contributed by atoms with Crippen molar-refractivity contribution in [2.24, 2.45) is 0 Å². The van der Waals surface area contributed by atoms with Crippen molar-refractivity contribution in [3.63, 3.8) is 0 Å². The summed E-state index contributed by atoms with van der Waals surface area (Å²) < 4.78 is 18.4. The fourth-order valence-corrected chi connectivity index (χ4v) is 1.87. The molecule has 0 aliphatic rings. The number of carbonyl (C=O) groups excluding carboxylic acids is 1. The van der Waals surface area contributed by atoms with Gasteiger partial charge in [0.25, 0.3) is 11.5 Å². The second-order valence-corrected chi connectivity index (χ2v) is 5.03. The predicted octanol–water partition coefficient (Wildman–Crippen LogP) is 2.02. The molecule has 2 N–H and O–H groups in total. The molecule has 0 aliphatic carbocycles. The van der Waals surface area contributed by atoms with Gasteiger partial charge in [-0.25, -0.2) is 4.39 Å². The van der Waals surface area contributed by atoms with Crippen molar-refractivity contribution in [1.82, 2.24) is 10.3 Å². The van der Waals surface area contributed by atoms with Crippen LogP contribution in [0, 0.1) is 12.7 Å². The van der Waals surface area contributed by atoms with Gasteiger partial charge in [0.1, 0.15) is 23.7 Å². The molecule has 0 spiro atoms. The lowest BCUT2D eigenvalue weighted by Gasteiger charge is -2.15. The van der Waals surface area contributed by atoms with Crippen molar-refractivity contribution < 1.29 is 13.9 Å². The Hall–Kier alpha value is -2.63. The SMILES string of the molecule is Cc1ccc(C(=O)N[C@@H](C)COc2cccc(F)c2)c(=O)[nH]1. The smallest absolute Gasteiger partial charge is 0.260 e. The molecular weight excluding hydrogens is 287 g/mol. The summed E-state index contributed by atoms with van der Waals surface area (Å²) in [5.41, 5.74) is 0.294. The summed E-state index contributed by atoms with van der Waals surface area (Å²) in [5, 5.41) is 2.66. The number of amides is 1. The van der Waals surface area contributed by atoms with Gasteiger partial charge in [0, 0.05) is 11.8 Å². The molecule has 2 rings (SSSR count). The molecule has 116 valence electrons. The van der Waals surface area contributed by atoms with E-state index in [4.69, 9.17) is 4.74 Å². The summed E-state index contributed by atoms with van der Waals surface area (Å²) in [7, 11) is 0. The van der Waals surface area contributed by atoms with Crippen LogP contribution in [0.2, 0.25) is 0 Å². The van der Waals surface area contributed by atoms with Crippen molar-refractivity contribution >= 4 is 5.91 Å².